The van der Waals surface area contributed by atoms with Gasteiger partial charge in [-0.2, -0.15) is 4.98 Å². The third-order valence-electron chi connectivity index (χ3n) is 2.55. The molecule has 8 heteroatoms. The number of rotatable bonds is 5. The number of nitrogens with zero attached hydrogens (tertiary/aromatic N) is 3. The third-order valence-corrected chi connectivity index (χ3v) is 3.66. The van der Waals surface area contributed by atoms with Crippen molar-refractivity contribution in [3.8, 4) is 0 Å². The van der Waals surface area contributed by atoms with Crippen LogP contribution in [0.2, 0.25) is 0 Å². The summed E-state index contributed by atoms with van der Waals surface area (Å²) in [4.78, 5) is 30.5. The summed E-state index contributed by atoms with van der Waals surface area (Å²) in [7, 11) is 1.63. The molecule has 2 N–H and O–H groups in total. The second-order valence-corrected chi connectivity index (χ2v) is 5.01. The quantitative estimate of drug-likeness (QED) is 0.761. The third kappa shape index (κ3) is 3.34. The van der Waals surface area contributed by atoms with Gasteiger partial charge in [-0.05, 0) is 29.9 Å². The molecule has 0 saturated carbocycles. The van der Waals surface area contributed by atoms with Crippen LogP contribution >= 0.6 is 11.8 Å². The molecule has 20 heavy (non-hydrogen) atoms. The number of hydrogen-bond donors (Lipinski definition) is 2. The number of aryl methyl sites for hydroxylation is 1. The Bertz CT molecular complexity index is 709. The Morgan fingerprint density at radius 2 is 2.25 bits per heavy atom. The predicted octanol–water partition coefficient (Wildman–Crippen LogP) is 0.124. The molecule has 0 saturated heterocycles. The second-order valence-electron chi connectivity index (χ2n) is 4.05. The lowest BCUT2D eigenvalue weighted by Gasteiger charge is -2.09. The van der Waals surface area contributed by atoms with Gasteiger partial charge >= 0.3 is 11.1 Å². The molecule has 2 heterocycles. The van der Waals surface area contributed by atoms with Crippen LogP contribution in [-0.2, 0) is 13.6 Å². The van der Waals surface area contributed by atoms with Gasteiger partial charge in [0.2, 0.25) is 0 Å². The number of aromatic nitrogens is 4. The van der Waals surface area contributed by atoms with Crippen LogP contribution in [0.15, 0.2) is 38.1 Å². The fourth-order valence-corrected chi connectivity index (χ4v) is 2.42. The van der Waals surface area contributed by atoms with Gasteiger partial charge in [-0.15, -0.1) is 0 Å². The zero-order valence-electron chi connectivity index (χ0n) is 11.2. The Balaban J connectivity index is 2.33. The summed E-state index contributed by atoms with van der Waals surface area (Å²) in [5.74, 6) is 0. The zero-order valence-corrected chi connectivity index (χ0v) is 12.0. The first kappa shape index (κ1) is 14.5. The van der Waals surface area contributed by atoms with Gasteiger partial charge in [0.15, 0.2) is 5.16 Å². The molecule has 0 bridgehead atoms. The molecule has 0 atom stereocenters. The molecule has 0 aromatic carbocycles. The molecule has 0 aliphatic heterocycles. The first-order chi connectivity index (χ1) is 9.61. The van der Waals surface area contributed by atoms with Crippen molar-refractivity contribution in [3.63, 3.8) is 0 Å². The van der Waals surface area contributed by atoms with Crippen LogP contribution in [0.3, 0.4) is 0 Å². The van der Waals surface area contributed by atoms with Gasteiger partial charge in [0.25, 0.3) is 0 Å². The van der Waals surface area contributed by atoms with Crippen LogP contribution in [-0.4, -0.2) is 26.3 Å². The highest BCUT2D eigenvalue weighted by Crippen LogP contribution is 2.25. The maximum Gasteiger partial charge on any atom is 0.339 e. The van der Waals surface area contributed by atoms with Crippen molar-refractivity contribution in [3.05, 3.63) is 44.6 Å². The Morgan fingerprint density at radius 1 is 1.45 bits per heavy atom. The highest BCUT2D eigenvalue weighted by atomic mass is 32.2. The highest BCUT2D eigenvalue weighted by Gasteiger charge is 2.10. The molecule has 2 rings (SSSR count). The van der Waals surface area contributed by atoms with E-state index in [-0.39, 0.29) is 0 Å². The number of nitrogens with one attached hydrogen (secondary N) is 2. The van der Waals surface area contributed by atoms with Gasteiger partial charge in [-0.3, -0.25) is 19.4 Å². The summed E-state index contributed by atoms with van der Waals surface area (Å²) in [5, 5.41) is 6.78. The summed E-state index contributed by atoms with van der Waals surface area (Å²) in [6, 6.07) is 3.82. The lowest BCUT2D eigenvalue weighted by atomic mass is 10.3. The highest BCUT2D eigenvalue weighted by molar-refractivity contribution is 7.99. The van der Waals surface area contributed by atoms with Gasteiger partial charge in [-0.25, -0.2) is 4.98 Å². The first-order valence-corrected chi connectivity index (χ1v) is 6.93. The normalized spacial score (nSPS) is 10.7. The summed E-state index contributed by atoms with van der Waals surface area (Å²) in [6.45, 7) is 3.56. The molecule has 106 valence electrons. The lowest BCUT2D eigenvalue weighted by molar-refractivity contribution is 0.595. The molecule has 0 aliphatic carbocycles. The standard InChI is InChI=1S/C12H15N5O2S/c1-3-13-7-8-5-4-6-14-11(8)20-12-15-9(18)10(19)16-17(12)2/h4-6,13H,3,7H2,1-2H3,(H,16,19). The fourth-order valence-electron chi connectivity index (χ4n) is 1.55. The van der Waals surface area contributed by atoms with E-state index < -0.39 is 11.1 Å². The molecule has 0 aliphatic rings. The van der Waals surface area contributed by atoms with E-state index in [1.165, 1.54) is 16.4 Å². The summed E-state index contributed by atoms with van der Waals surface area (Å²) >= 11 is 1.24. The number of aromatic amines is 1. The largest absolute Gasteiger partial charge is 0.339 e. The second kappa shape index (κ2) is 6.49. The molecule has 0 unspecified atom stereocenters. The molecule has 0 amide bonds. The summed E-state index contributed by atoms with van der Waals surface area (Å²) in [6.07, 6.45) is 1.68. The molecule has 0 radical (unpaired) electrons. The van der Waals surface area contributed by atoms with E-state index in [1.807, 2.05) is 19.1 Å². The van der Waals surface area contributed by atoms with E-state index in [9.17, 15) is 9.59 Å². The van der Waals surface area contributed by atoms with Crippen LogP contribution in [0.1, 0.15) is 12.5 Å². The minimum atomic E-state index is -0.797. The molecule has 2 aromatic heterocycles. The molecule has 7 nitrogen and oxygen atoms in total. The monoisotopic (exact) mass is 293 g/mol. The van der Waals surface area contributed by atoms with Crippen LogP contribution in [0.5, 0.6) is 0 Å². The molecule has 2 aromatic rings. The van der Waals surface area contributed by atoms with E-state index in [1.54, 1.807) is 13.2 Å². The van der Waals surface area contributed by atoms with Crippen LogP contribution in [0, 0.1) is 0 Å². The van der Waals surface area contributed by atoms with E-state index in [2.05, 4.69) is 20.4 Å². The van der Waals surface area contributed by atoms with Crippen molar-refractivity contribution in [2.75, 3.05) is 6.54 Å². The Morgan fingerprint density at radius 3 is 3.00 bits per heavy atom. The molecule has 0 fully saturated rings. The zero-order chi connectivity index (χ0) is 14.5. The maximum absolute atomic E-state index is 11.3. The van der Waals surface area contributed by atoms with Gasteiger partial charge in [0.05, 0.1) is 0 Å². The first-order valence-electron chi connectivity index (χ1n) is 6.11. The van der Waals surface area contributed by atoms with Crippen molar-refractivity contribution in [1.29, 1.82) is 0 Å². The SMILES string of the molecule is CCNCc1cccnc1Sc1nc(=O)c(=O)[nH]n1C. The van der Waals surface area contributed by atoms with Crippen molar-refractivity contribution < 1.29 is 0 Å². The van der Waals surface area contributed by atoms with E-state index in [4.69, 9.17) is 0 Å². The molecular formula is C12H15N5O2S. The average molecular weight is 293 g/mol. The van der Waals surface area contributed by atoms with Crippen LogP contribution in [0.25, 0.3) is 0 Å². The number of pyridine rings is 1. The van der Waals surface area contributed by atoms with Crippen LogP contribution < -0.4 is 16.4 Å². The topological polar surface area (TPSA) is 92.7 Å². The van der Waals surface area contributed by atoms with Crippen molar-refractivity contribution in [2.24, 2.45) is 7.05 Å². The van der Waals surface area contributed by atoms with E-state index in [0.29, 0.717) is 11.7 Å². The number of H-pyrrole nitrogens is 1. The average Bonchev–Trinajstić information content (AvgIpc) is 2.44. The van der Waals surface area contributed by atoms with Crippen molar-refractivity contribution in [2.45, 2.75) is 23.7 Å². The van der Waals surface area contributed by atoms with Gasteiger partial charge in [-0.1, -0.05) is 13.0 Å². The van der Waals surface area contributed by atoms with Crippen molar-refractivity contribution in [1.82, 2.24) is 25.1 Å². The van der Waals surface area contributed by atoms with E-state index in [0.717, 1.165) is 17.1 Å². The lowest BCUT2D eigenvalue weighted by Crippen LogP contribution is -2.33. The fraction of sp³-hybridized carbons (Fsp3) is 0.333. The smallest absolute Gasteiger partial charge is 0.313 e. The van der Waals surface area contributed by atoms with Crippen molar-refractivity contribution >= 4 is 11.8 Å². The maximum atomic E-state index is 11.3. The summed E-state index contributed by atoms with van der Waals surface area (Å²) < 4.78 is 1.42. The van der Waals surface area contributed by atoms with Gasteiger partial charge in [0, 0.05) is 19.8 Å². The van der Waals surface area contributed by atoms with Crippen LogP contribution in [0.4, 0.5) is 0 Å². The minimum Gasteiger partial charge on any atom is -0.313 e. The molecule has 0 spiro atoms. The van der Waals surface area contributed by atoms with Gasteiger partial charge in [0.1, 0.15) is 5.03 Å². The van der Waals surface area contributed by atoms with Gasteiger partial charge < -0.3 is 5.32 Å². The Labute approximate surface area is 119 Å². The Hall–Kier alpha value is -1.93. The predicted molar refractivity (Wildman–Crippen MR) is 75.8 cm³/mol. The van der Waals surface area contributed by atoms with E-state index >= 15 is 0 Å². The summed E-state index contributed by atoms with van der Waals surface area (Å²) in [5.41, 5.74) is -0.514. The Kier molecular flexibility index (Phi) is 4.70. The number of hydrogen-bond acceptors (Lipinski definition) is 6. The minimum absolute atomic E-state index is 0.394. The molecular weight excluding hydrogens is 278 g/mol.